The largest absolute Gasteiger partial charge is 0.321 e. The van der Waals surface area contributed by atoms with Crippen molar-refractivity contribution in [3.05, 3.63) is 35.9 Å². The van der Waals surface area contributed by atoms with Crippen LogP contribution in [0.5, 0.6) is 0 Å². The quantitative estimate of drug-likeness (QED) is 0.912. The normalized spacial score (nSPS) is 12.2. The first-order chi connectivity index (χ1) is 10.1. The number of anilines is 1. The van der Waals surface area contributed by atoms with E-state index in [0.29, 0.717) is 5.69 Å². The summed E-state index contributed by atoms with van der Waals surface area (Å²) in [5.74, 6) is -0.678. The number of aromatic nitrogens is 3. The van der Waals surface area contributed by atoms with Gasteiger partial charge in [0, 0.05) is 12.5 Å². The fourth-order valence-corrected chi connectivity index (χ4v) is 2.06. The van der Waals surface area contributed by atoms with Crippen molar-refractivity contribution in [2.45, 2.75) is 18.6 Å². The summed E-state index contributed by atoms with van der Waals surface area (Å²) in [6.07, 6.45) is 5.70. The van der Waals surface area contributed by atoms with Crippen molar-refractivity contribution in [2.24, 2.45) is 0 Å². The van der Waals surface area contributed by atoms with Gasteiger partial charge < -0.3 is 5.32 Å². The number of amides is 1. The van der Waals surface area contributed by atoms with Gasteiger partial charge in [-0.1, -0.05) is 11.6 Å². The highest BCUT2D eigenvalue weighted by Crippen LogP contribution is 2.24. The third kappa shape index (κ3) is 3.12. The molecule has 0 fully saturated rings. The molecule has 0 saturated heterocycles. The molecule has 0 aliphatic heterocycles. The van der Waals surface area contributed by atoms with E-state index >= 15 is 0 Å². The van der Waals surface area contributed by atoms with Gasteiger partial charge in [0.1, 0.15) is 4.75 Å². The first-order valence-electron chi connectivity index (χ1n) is 6.29. The van der Waals surface area contributed by atoms with Gasteiger partial charge in [-0.05, 0) is 26.0 Å². The minimum absolute atomic E-state index is 0.0569. The molecular formula is C13H15ClN4O3S. The Morgan fingerprint density at radius 2 is 2.09 bits per heavy atom. The Morgan fingerprint density at radius 3 is 2.64 bits per heavy atom. The van der Waals surface area contributed by atoms with Gasteiger partial charge in [0.05, 0.1) is 23.8 Å². The van der Waals surface area contributed by atoms with Crippen LogP contribution in [0.2, 0.25) is 5.15 Å². The number of carbonyl (C=O) groups excluding carboxylic acids is 1. The topological polar surface area (TPSA) is 93.9 Å². The Bertz CT molecular complexity index is 800. The van der Waals surface area contributed by atoms with E-state index in [1.165, 1.54) is 24.7 Å². The van der Waals surface area contributed by atoms with Crippen LogP contribution in [-0.2, 0) is 14.6 Å². The van der Waals surface area contributed by atoms with E-state index < -0.39 is 20.5 Å². The van der Waals surface area contributed by atoms with Crippen molar-refractivity contribution in [1.29, 1.82) is 0 Å². The zero-order chi connectivity index (χ0) is 16.5. The van der Waals surface area contributed by atoms with Crippen molar-refractivity contribution in [1.82, 2.24) is 14.8 Å². The van der Waals surface area contributed by atoms with Crippen LogP contribution in [0.3, 0.4) is 0 Å². The fourth-order valence-electron chi connectivity index (χ4n) is 1.50. The van der Waals surface area contributed by atoms with Crippen LogP contribution in [0.1, 0.15) is 13.8 Å². The molecule has 2 aromatic rings. The number of pyridine rings is 1. The third-order valence-corrected chi connectivity index (χ3v) is 5.62. The molecule has 0 saturated carbocycles. The number of nitrogens with one attached hydrogen (secondary N) is 1. The molecule has 2 rings (SSSR count). The Labute approximate surface area is 133 Å². The molecule has 1 N–H and O–H groups in total. The second kappa shape index (κ2) is 5.69. The molecule has 0 unspecified atom stereocenters. The monoisotopic (exact) mass is 342 g/mol. The summed E-state index contributed by atoms with van der Waals surface area (Å²) in [7, 11) is -3.57. The first kappa shape index (κ1) is 16.4. The van der Waals surface area contributed by atoms with Crippen molar-refractivity contribution < 1.29 is 13.2 Å². The Kier molecular flexibility index (Phi) is 4.25. The molecule has 2 aromatic heterocycles. The molecule has 0 atom stereocenters. The van der Waals surface area contributed by atoms with E-state index in [-0.39, 0.29) is 10.8 Å². The SMILES string of the molecule is CC(C)(C(=O)Nc1cn(-c2cccnc2)nc1Cl)S(C)(=O)=O. The van der Waals surface area contributed by atoms with Gasteiger partial charge in [-0.25, -0.2) is 13.1 Å². The maximum atomic E-state index is 12.2. The van der Waals surface area contributed by atoms with Crippen LogP contribution in [0, 0.1) is 0 Å². The number of rotatable bonds is 4. The lowest BCUT2D eigenvalue weighted by Gasteiger charge is -2.20. The summed E-state index contributed by atoms with van der Waals surface area (Å²) >= 11 is 5.99. The molecule has 9 heteroatoms. The third-order valence-electron chi connectivity index (χ3n) is 3.30. The summed E-state index contributed by atoms with van der Waals surface area (Å²) in [4.78, 5) is 16.1. The molecule has 0 aromatic carbocycles. The second-order valence-corrected chi connectivity index (χ2v) is 8.15. The minimum atomic E-state index is -3.57. The highest BCUT2D eigenvalue weighted by Gasteiger charge is 2.38. The maximum absolute atomic E-state index is 12.2. The molecule has 0 radical (unpaired) electrons. The average molecular weight is 343 g/mol. The molecule has 1 amide bonds. The first-order valence-corrected chi connectivity index (χ1v) is 8.56. The number of halogens is 1. The van der Waals surface area contributed by atoms with Crippen LogP contribution in [0.15, 0.2) is 30.7 Å². The Hall–Kier alpha value is -1.93. The molecule has 0 spiro atoms. The Morgan fingerprint density at radius 1 is 1.41 bits per heavy atom. The number of nitrogens with zero attached hydrogens (tertiary/aromatic N) is 3. The number of sulfone groups is 1. The number of hydrogen-bond acceptors (Lipinski definition) is 5. The average Bonchev–Trinajstić information content (AvgIpc) is 2.80. The van der Waals surface area contributed by atoms with Crippen LogP contribution in [0.4, 0.5) is 5.69 Å². The summed E-state index contributed by atoms with van der Waals surface area (Å²) in [5, 5.41) is 6.61. The predicted octanol–water partition coefficient (Wildman–Crippen LogP) is 1.68. The maximum Gasteiger partial charge on any atom is 0.245 e. The lowest BCUT2D eigenvalue weighted by Crippen LogP contribution is -2.43. The van der Waals surface area contributed by atoms with Crippen LogP contribution < -0.4 is 5.32 Å². The van der Waals surface area contributed by atoms with Gasteiger partial charge in [-0.2, -0.15) is 5.10 Å². The molecule has 7 nitrogen and oxygen atoms in total. The van der Waals surface area contributed by atoms with Gasteiger partial charge in [-0.3, -0.25) is 9.78 Å². The van der Waals surface area contributed by atoms with Crippen molar-refractivity contribution in [3.63, 3.8) is 0 Å². The molecule has 22 heavy (non-hydrogen) atoms. The predicted molar refractivity (Wildman–Crippen MR) is 83.9 cm³/mol. The summed E-state index contributed by atoms with van der Waals surface area (Å²) in [5.41, 5.74) is 0.888. The zero-order valence-electron chi connectivity index (χ0n) is 12.2. The van der Waals surface area contributed by atoms with Gasteiger partial charge in [0.2, 0.25) is 5.91 Å². The van der Waals surface area contributed by atoms with Gasteiger partial charge >= 0.3 is 0 Å². The molecule has 2 heterocycles. The minimum Gasteiger partial charge on any atom is -0.321 e. The van der Waals surface area contributed by atoms with E-state index in [1.54, 1.807) is 24.5 Å². The van der Waals surface area contributed by atoms with Gasteiger partial charge in [0.25, 0.3) is 0 Å². The smallest absolute Gasteiger partial charge is 0.245 e. The number of carbonyl (C=O) groups is 1. The van der Waals surface area contributed by atoms with Crippen LogP contribution >= 0.6 is 11.6 Å². The molecule has 0 bridgehead atoms. The molecule has 0 aliphatic carbocycles. The van der Waals surface area contributed by atoms with E-state index in [4.69, 9.17) is 11.6 Å². The van der Waals surface area contributed by atoms with E-state index in [0.717, 1.165) is 6.26 Å². The lowest BCUT2D eigenvalue weighted by molar-refractivity contribution is -0.117. The van der Waals surface area contributed by atoms with Crippen molar-refractivity contribution >= 4 is 33.0 Å². The van der Waals surface area contributed by atoms with Crippen molar-refractivity contribution in [3.8, 4) is 5.69 Å². The summed E-state index contributed by atoms with van der Waals surface area (Å²) in [6.45, 7) is 2.66. The summed E-state index contributed by atoms with van der Waals surface area (Å²) < 4.78 is 23.2. The second-order valence-electron chi connectivity index (χ2n) is 5.23. The van der Waals surface area contributed by atoms with Gasteiger partial charge in [-0.15, -0.1) is 0 Å². The van der Waals surface area contributed by atoms with Crippen molar-refractivity contribution in [2.75, 3.05) is 11.6 Å². The number of hydrogen-bond donors (Lipinski definition) is 1. The summed E-state index contributed by atoms with van der Waals surface area (Å²) in [6, 6.07) is 3.50. The van der Waals surface area contributed by atoms with Crippen LogP contribution in [-0.4, -0.2) is 40.1 Å². The highest BCUT2D eigenvalue weighted by molar-refractivity contribution is 7.92. The molecular weight excluding hydrogens is 328 g/mol. The van der Waals surface area contributed by atoms with E-state index in [1.807, 2.05) is 0 Å². The van der Waals surface area contributed by atoms with Gasteiger partial charge in [0.15, 0.2) is 15.0 Å². The molecule has 0 aliphatic rings. The molecule has 118 valence electrons. The lowest BCUT2D eigenvalue weighted by atomic mass is 10.2. The van der Waals surface area contributed by atoms with E-state index in [9.17, 15) is 13.2 Å². The Balaban J connectivity index is 2.29. The fraction of sp³-hybridized carbons (Fsp3) is 0.308. The standard InChI is InChI=1S/C13H15ClN4O3S/c1-13(2,22(3,20)21)12(19)16-10-8-18(17-11(10)14)9-5-4-6-15-7-9/h4-8H,1-3H3,(H,16,19). The van der Waals surface area contributed by atoms with E-state index in [2.05, 4.69) is 15.4 Å². The zero-order valence-corrected chi connectivity index (χ0v) is 13.8. The highest BCUT2D eigenvalue weighted by atomic mass is 35.5. The van der Waals surface area contributed by atoms with Crippen LogP contribution in [0.25, 0.3) is 5.69 Å².